The fraction of sp³-hybridized carbons (Fsp3) is 0.364. The first-order valence-electron chi connectivity index (χ1n) is 9.36. The van der Waals surface area contributed by atoms with E-state index in [-0.39, 0.29) is 17.3 Å². The Bertz CT molecular complexity index is 930. The van der Waals surface area contributed by atoms with E-state index in [1.165, 1.54) is 13.2 Å². The van der Waals surface area contributed by atoms with Gasteiger partial charge in [-0.2, -0.15) is 5.26 Å². The molecule has 1 N–H and O–H groups in total. The smallest absolute Gasteiger partial charge is 0.338 e. The van der Waals surface area contributed by atoms with Crippen molar-refractivity contribution in [3.8, 4) is 6.07 Å². The van der Waals surface area contributed by atoms with Gasteiger partial charge in [0.25, 0.3) is 0 Å². The molecule has 2 aromatic rings. The normalized spacial score (nSPS) is 14.4. The zero-order chi connectivity index (χ0) is 20.3. The number of hydrogen-bond acceptors (Lipinski definition) is 5. The van der Waals surface area contributed by atoms with E-state index in [9.17, 15) is 14.4 Å². The van der Waals surface area contributed by atoms with Crippen LogP contribution in [0.15, 0.2) is 30.3 Å². The summed E-state index contributed by atoms with van der Waals surface area (Å²) in [6, 6.07) is 10.3. The van der Waals surface area contributed by atoms with Crippen molar-refractivity contribution in [3.05, 3.63) is 58.4 Å². The van der Waals surface area contributed by atoms with Gasteiger partial charge in [-0.3, -0.25) is 0 Å². The van der Waals surface area contributed by atoms with Crippen LogP contribution in [0.25, 0.3) is 0 Å². The van der Waals surface area contributed by atoms with Crippen molar-refractivity contribution in [3.63, 3.8) is 0 Å². The lowest BCUT2D eigenvalue weighted by Crippen LogP contribution is -2.41. The molecule has 0 atom stereocenters. The molecule has 1 saturated heterocycles. The number of anilines is 2. The Labute approximate surface area is 164 Å². The Morgan fingerprint density at radius 2 is 1.96 bits per heavy atom. The van der Waals surface area contributed by atoms with Gasteiger partial charge in [0.2, 0.25) is 0 Å². The molecule has 0 radical (unpaired) electrons. The van der Waals surface area contributed by atoms with Crippen molar-refractivity contribution in [1.29, 1.82) is 5.26 Å². The van der Waals surface area contributed by atoms with Gasteiger partial charge in [0.05, 0.1) is 23.9 Å². The number of rotatable bonds is 4. The van der Waals surface area contributed by atoms with Crippen LogP contribution < -0.4 is 10.2 Å². The number of hydrogen-bond donors (Lipinski definition) is 1. The molecule has 0 aliphatic carbocycles. The maximum atomic E-state index is 15.0. The van der Waals surface area contributed by atoms with Crippen LogP contribution in [-0.4, -0.2) is 32.2 Å². The molecule has 6 heteroatoms. The molecule has 28 heavy (non-hydrogen) atoms. The molecule has 0 saturated carbocycles. The molecule has 1 fully saturated rings. The minimum Gasteiger partial charge on any atom is -0.465 e. The molecular formula is C22H24FN3O2. The van der Waals surface area contributed by atoms with Crippen LogP contribution in [0.4, 0.5) is 15.8 Å². The Balaban J connectivity index is 2.24. The summed E-state index contributed by atoms with van der Waals surface area (Å²) >= 11 is 0. The van der Waals surface area contributed by atoms with E-state index in [1.807, 2.05) is 24.8 Å². The summed E-state index contributed by atoms with van der Waals surface area (Å²) in [6.45, 7) is 5.41. The highest BCUT2D eigenvalue weighted by molar-refractivity contribution is 5.93. The van der Waals surface area contributed by atoms with Gasteiger partial charge in [-0.05, 0) is 69.1 Å². The average molecular weight is 381 g/mol. The van der Waals surface area contributed by atoms with Crippen LogP contribution in [0.2, 0.25) is 0 Å². The van der Waals surface area contributed by atoms with Crippen LogP contribution in [0, 0.1) is 31.0 Å². The second kappa shape index (κ2) is 8.41. The molecule has 1 aliphatic rings. The van der Waals surface area contributed by atoms with E-state index in [0.29, 0.717) is 5.56 Å². The van der Waals surface area contributed by atoms with Gasteiger partial charge in [-0.25, -0.2) is 9.18 Å². The lowest BCUT2D eigenvalue weighted by molar-refractivity contribution is 0.0600. The van der Waals surface area contributed by atoms with Crippen LogP contribution in [0.5, 0.6) is 0 Å². The second-order valence-electron chi connectivity index (χ2n) is 7.04. The summed E-state index contributed by atoms with van der Waals surface area (Å²) in [5, 5.41) is 12.9. The van der Waals surface area contributed by atoms with Gasteiger partial charge in [-0.1, -0.05) is 12.1 Å². The highest BCUT2D eigenvalue weighted by atomic mass is 19.1. The van der Waals surface area contributed by atoms with Crippen LogP contribution >= 0.6 is 0 Å². The molecular weight excluding hydrogens is 357 g/mol. The lowest BCUT2D eigenvalue weighted by atomic mass is 9.97. The van der Waals surface area contributed by atoms with E-state index in [0.717, 1.165) is 42.7 Å². The average Bonchev–Trinajstić information content (AvgIpc) is 2.71. The Kier molecular flexibility index (Phi) is 5.96. The monoisotopic (exact) mass is 381 g/mol. The van der Waals surface area contributed by atoms with Gasteiger partial charge in [-0.15, -0.1) is 0 Å². The van der Waals surface area contributed by atoms with E-state index in [4.69, 9.17) is 4.74 Å². The quantitative estimate of drug-likeness (QED) is 0.811. The number of piperidine rings is 1. The topological polar surface area (TPSA) is 65.4 Å². The van der Waals surface area contributed by atoms with Crippen molar-refractivity contribution < 1.29 is 13.9 Å². The maximum absolute atomic E-state index is 15.0. The number of benzene rings is 2. The summed E-state index contributed by atoms with van der Waals surface area (Å²) in [4.78, 5) is 14.1. The van der Waals surface area contributed by atoms with Crippen molar-refractivity contribution in [2.75, 3.05) is 25.1 Å². The fourth-order valence-electron chi connectivity index (χ4n) is 3.85. The number of nitrogens with zero attached hydrogens (tertiary/aromatic N) is 2. The number of nitriles is 1. The van der Waals surface area contributed by atoms with Gasteiger partial charge >= 0.3 is 5.97 Å². The molecule has 0 amide bonds. The van der Waals surface area contributed by atoms with Gasteiger partial charge in [0.1, 0.15) is 11.9 Å². The zero-order valence-electron chi connectivity index (χ0n) is 16.4. The molecule has 1 aliphatic heterocycles. The van der Waals surface area contributed by atoms with Crippen molar-refractivity contribution >= 4 is 17.3 Å². The predicted molar refractivity (Wildman–Crippen MR) is 106 cm³/mol. The number of halogens is 1. The third kappa shape index (κ3) is 3.71. The van der Waals surface area contributed by atoms with Crippen molar-refractivity contribution in [1.82, 2.24) is 5.32 Å². The fourth-order valence-corrected chi connectivity index (χ4v) is 3.85. The number of esters is 1. The third-order valence-corrected chi connectivity index (χ3v) is 5.23. The molecule has 0 bridgehead atoms. The molecule has 1 heterocycles. The highest BCUT2D eigenvalue weighted by Gasteiger charge is 2.29. The molecule has 0 aromatic heterocycles. The summed E-state index contributed by atoms with van der Waals surface area (Å²) in [5.74, 6) is -0.879. The first-order chi connectivity index (χ1) is 13.5. The van der Waals surface area contributed by atoms with Crippen LogP contribution in [0.1, 0.15) is 39.9 Å². The van der Waals surface area contributed by atoms with Crippen molar-refractivity contribution in [2.24, 2.45) is 0 Å². The summed E-state index contributed by atoms with van der Waals surface area (Å²) in [5.41, 5.74) is 3.41. The first kappa shape index (κ1) is 19.8. The molecule has 3 rings (SSSR count). The number of carbonyl (C=O) groups excluding carboxylic acids is 1. The number of para-hydroxylation sites is 1. The summed E-state index contributed by atoms with van der Waals surface area (Å²) in [7, 11) is 1.34. The highest BCUT2D eigenvalue weighted by Crippen LogP contribution is 2.38. The maximum Gasteiger partial charge on any atom is 0.338 e. The SMILES string of the molecule is COC(=O)c1cc(N(c2c(F)cccc2C#N)C2CCNCC2)c(C)cc1C. The number of ether oxygens (including phenoxy) is 1. The van der Waals surface area contributed by atoms with Crippen molar-refractivity contribution in [2.45, 2.75) is 32.7 Å². The number of methoxy groups -OCH3 is 1. The number of aryl methyl sites for hydroxylation is 2. The number of carbonyl (C=O) groups is 1. The standard InChI is InChI=1S/C22H24FN3O2/c1-14-11-15(2)20(12-18(14)22(27)28-3)26(17-7-9-25-10-8-17)21-16(13-24)5-4-6-19(21)23/h4-6,11-12,17,25H,7-10H2,1-3H3. The summed E-state index contributed by atoms with van der Waals surface area (Å²) < 4.78 is 19.9. The predicted octanol–water partition coefficient (Wildman–Crippen LogP) is 3.99. The molecule has 0 spiro atoms. The Hall–Kier alpha value is -2.91. The largest absolute Gasteiger partial charge is 0.465 e. The van der Waals surface area contributed by atoms with Gasteiger partial charge in [0, 0.05) is 11.7 Å². The molecule has 5 nitrogen and oxygen atoms in total. The molecule has 146 valence electrons. The Morgan fingerprint density at radius 3 is 2.61 bits per heavy atom. The first-order valence-corrected chi connectivity index (χ1v) is 9.36. The zero-order valence-corrected chi connectivity index (χ0v) is 16.4. The van der Waals surface area contributed by atoms with Crippen LogP contribution in [0.3, 0.4) is 0 Å². The minimum atomic E-state index is -0.447. The van der Waals surface area contributed by atoms with E-state index in [1.54, 1.807) is 18.2 Å². The Morgan fingerprint density at radius 1 is 1.25 bits per heavy atom. The third-order valence-electron chi connectivity index (χ3n) is 5.23. The minimum absolute atomic E-state index is 0.0113. The lowest BCUT2D eigenvalue weighted by Gasteiger charge is -2.38. The van der Waals surface area contributed by atoms with Gasteiger partial charge in [0.15, 0.2) is 0 Å². The van der Waals surface area contributed by atoms with E-state index >= 15 is 0 Å². The van der Waals surface area contributed by atoms with Gasteiger partial charge < -0.3 is 15.0 Å². The molecule has 2 aromatic carbocycles. The summed E-state index contributed by atoms with van der Waals surface area (Å²) in [6.07, 6.45) is 1.61. The molecule has 0 unspecified atom stereocenters. The second-order valence-corrected chi connectivity index (χ2v) is 7.04. The number of nitrogens with one attached hydrogen (secondary N) is 1. The van der Waals surface area contributed by atoms with E-state index in [2.05, 4.69) is 11.4 Å². The van der Waals surface area contributed by atoms with E-state index < -0.39 is 11.8 Å². The van der Waals surface area contributed by atoms with Crippen LogP contribution in [-0.2, 0) is 4.74 Å².